The second-order valence-electron chi connectivity index (χ2n) is 4.07. The third-order valence-corrected chi connectivity index (χ3v) is 2.43. The highest BCUT2D eigenvalue weighted by molar-refractivity contribution is 5.59. The molecule has 2 heterocycles. The number of anilines is 2. The fourth-order valence-corrected chi connectivity index (χ4v) is 1.58. The summed E-state index contributed by atoms with van der Waals surface area (Å²) in [5.41, 5.74) is 0. The van der Waals surface area contributed by atoms with Crippen LogP contribution in [-0.2, 0) is 6.54 Å². The maximum atomic E-state index is 4.28. The van der Waals surface area contributed by atoms with Gasteiger partial charge in [0.2, 0.25) is 0 Å². The summed E-state index contributed by atoms with van der Waals surface area (Å²) in [5.74, 6) is 1.65. The first-order valence-corrected chi connectivity index (χ1v) is 5.83. The summed E-state index contributed by atoms with van der Waals surface area (Å²) in [5, 5.41) is 10.9. The van der Waals surface area contributed by atoms with Gasteiger partial charge in [-0.2, -0.15) is 0 Å². The molecule has 0 atom stereocenters. The fraction of sp³-hybridized carbons (Fsp3) is 0.455. The number of hydrogen-bond acceptors (Lipinski definition) is 6. The Hall–Kier alpha value is -2.18. The zero-order valence-corrected chi connectivity index (χ0v) is 10.6. The van der Waals surface area contributed by atoms with Crippen LogP contribution in [0.4, 0.5) is 11.6 Å². The van der Waals surface area contributed by atoms with Gasteiger partial charge in [-0.15, -0.1) is 5.10 Å². The number of nitrogens with zero attached hydrogens (tertiary/aromatic N) is 6. The fourth-order valence-electron chi connectivity index (χ4n) is 1.58. The molecule has 0 bridgehead atoms. The lowest BCUT2D eigenvalue weighted by molar-refractivity contribution is 0.569. The Morgan fingerprint density at radius 3 is 2.78 bits per heavy atom. The summed E-state index contributed by atoms with van der Waals surface area (Å²) in [6.45, 7) is 1.66. The number of aromatic nitrogens is 5. The zero-order valence-electron chi connectivity index (χ0n) is 10.6. The van der Waals surface area contributed by atoms with Crippen molar-refractivity contribution in [2.24, 2.45) is 0 Å². The Morgan fingerprint density at radius 1 is 1.22 bits per heavy atom. The second-order valence-corrected chi connectivity index (χ2v) is 4.07. The molecule has 0 saturated heterocycles. The first-order valence-electron chi connectivity index (χ1n) is 5.83. The SMILES string of the molecule is CN(C)c1nccnc1NCCCn1ccnn1. The Kier molecular flexibility index (Phi) is 4.06. The quantitative estimate of drug-likeness (QED) is 0.755. The lowest BCUT2D eigenvalue weighted by Crippen LogP contribution is -2.16. The van der Waals surface area contributed by atoms with Crippen LogP contribution in [0.2, 0.25) is 0 Å². The number of hydrogen-bond donors (Lipinski definition) is 1. The van der Waals surface area contributed by atoms with E-state index in [-0.39, 0.29) is 0 Å². The first-order chi connectivity index (χ1) is 8.77. The van der Waals surface area contributed by atoms with Crippen LogP contribution in [0.3, 0.4) is 0 Å². The van der Waals surface area contributed by atoms with Crippen molar-refractivity contribution < 1.29 is 0 Å². The van der Waals surface area contributed by atoms with Gasteiger partial charge in [-0.25, -0.2) is 9.97 Å². The Morgan fingerprint density at radius 2 is 2.06 bits per heavy atom. The highest BCUT2D eigenvalue weighted by atomic mass is 15.4. The minimum atomic E-state index is 0.807. The minimum Gasteiger partial charge on any atom is -0.367 e. The normalized spacial score (nSPS) is 10.3. The number of aryl methyl sites for hydroxylation is 1. The van der Waals surface area contributed by atoms with Crippen LogP contribution in [0.1, 0.15) is 6.42 Å². The van der Waals surface area contributed by atoms with E-state index in [1.165, 1.54) is 0 Å². The lowest BCUT2D eigenvalue weighted by atomic mass is 10.4. The lowest BCUT2D eigenvalue weighted by Gasteiger charge is -2.15. The van der Waals surface area contributed by atoms with E-state index in [1.807, 2.05) is 29.9 Å². The van der Waals surface area contributed by atoms with Crippen molar-refractivity contribution in [3.05, 3.63) is 24.8 Å². The summed E-state index contributed by atoms with van der Waals surface area (Å²) in [6.07, 6.45) is 7.86. The maximum absolute atomic E-state index is 4.28. The van der Waals surface area contributed by atoms with Crippen LogP contribution in [0.15, 0.2) is 24.8 Å². The van der Waals surface area contributed by atoms with Gasteiger partial charge in [-0.3, -0.25) is 4.68 Å². The molecule has 0 amide bonds. The first kappa shape index (κ1) is 12.3. The van der Waals surface area contributed by atoms with Gasteiger partial charge in [0.1, 0.15) is 0 Å². The molecule has 0 unspecified atom stereocenters. The minimum absolute atomic E-state index is 0.807. The molecule has 0 aliphatic heterocycles. The van der Waals surface area contributed by atoms with Crippen molar-refractivity contribution in [2.45, 2.75) is 13.0 Å². The molecule has 0 spiro atoms. The van der Waals surface area contributed by atoms with Crippen LogP contribution in [0, 0.1) is 0 Å². The van der Waals surface area contributed by atoms with Gasteiger partial charge in [-0.05, 0) is 6.42 Å². The van der Waals surface area contributed by atoms with Gasteiger partial charge in [-0.1, -0.05) is 5.21 Å². The third-order valence-electron chi connectivity index (χ3n) is 2.43. The smallest absolute Gasteiger partial charge is 0.171 e. The molecule has 2 rings (SSSR count). The molecule has 7 nitrogen and oxygen atoms in total. The van der Waals surface area contributed by atoms with Crippen molar-refractivity contribution in [3.63, 3.8) is 0 Å². The van der Waals surface area contributed by atoms with E-state index in [0.29, 0.717) is 0 Å². The number of nitrogens with one attached hydrogen (secondary N) is 1. The molecule has 2 aromatic rings. The molecular weight excluding hydrogens is 230 g/mol. The molecule has 18 heavy (non-hydrogen) atoms. The van der Waals surface area contributed by atoms with E-state index >= 15 is 0 Å². The molecule has 1 N–H and O–H groups in total. The van der Waals surface area contributed by atoms with E-state index in [0.717, 1.165) is 31.1 Å². The molecule has 0 fully saturated rings. The average Bonchev–Trinajstić information content (AvgIpc) is 2.88. The topological polar surface area (TPSA) is 71.8 Å². The van der Waals surface area contributed by atoms with Crippen LogP contribution < -0.4 is 10.2 Å². The number of rotatable bonds is 6. The van der Waals surface area contributed by atoms with Crippen molar-refractivity contribution in [3.8, 4) is 0 Å². The van der Waals surface area contributed by atoms with Gasteiger partial charge >= 0.3 is 0 Å². The summed E-state index contributed by atoms with van der Waals surface area (Å²) in [7, 11) is 3.90. The average molecular weight is 247 g/mol. The highest BCUT2D eigenvalue weighted by Gasteiger charge is 2.05. The van der Waals surface area contributed by atoms with Gasteiger partial charge in [0.25, 0.3) is 0 Å². The van der Waals surface area contributed by atoms with Crippen LogP contribution >= 0.6 is 0 Å². The van der Waals surface area contributed by atoms with Crippen LogP contribution in [0.5, 0.6) is 0 Å². The monoisotopic (exact) mass is 247 g/mol. The summed E-state index contributed by atoms with van der Waals surface area (Å²) < 4.78 is 1.81. The van der Waals surface area contributed by atoms with Crippen molar-refractivity contribution in [1.29, 1.82) is 0 Å². The van der Waals surface area contributed by atoms with Crippen LogP contribution in [-0.4, -0.2) is 45.6 Å². The molecule has 96 valence electrons. The van der Waals surface area contributed by atoms with E-state index in [1.54, 1.807) is 18.6 Å². The van der Waals surface area contributed by atoms with Crippen molar-refractivity contribution in [1.82, 2.24) is 25.0 Å². The molecule has 0 aromatic carbocycles. The Balaban J connectivity index is 1.83. The molecular formula is C11H17N7. The predicted octanol–water partition coefficient (Wildman–Crippen LogP) is 0.636. The third kappa shape index (κ3) is 3.16. The zero-order chi connectivity index (χ0) is 12.8. The van der Waals surface area contributed by atoms with E-state index in [4.69, 9.17) is 0 Å². The van der Waals surface area contributed by atoms with Crippen molar-refractivity contribution in [2.75, 3.05) is 30.9 Å². The molecule has 0 aliphatic carbocycles. The molecule has 0 radical (unpaired) electrons. The van der Waals surface area contributed by atoms with E-state index in [2.05, 4.69) is 25.6 Å². The molecule has 2 aromatic heterocycles. The van der Waals surface area contributed by atoms with Crippen molar-refractivity contribution >= 4 is 11.6 Å². The van der Waals surface area contributed by atoms with Crippen LogP contribution in [0.25, 0.3) is 0 Å². The Bertz CT molecular complexity index is 466. The summed E-state index contributed by atoms with van der Waals surface area (Å²) in [4.78, 5) is 10.5. The predicted molar refractivity (Wildman–Crippen MR) is 69.5 cm³/mol. The highest BCUT2D eigenvalue weighted by Crippen LogP contribution is 2.16. The van der Waals surface area contributed by atoms with E-state index in [9.17, 15) is 0 Å². The summed E-state index contributed by atoms with van der Waals surface area (Å²) >= 11 is 0. The second kappa shape index (κ2) is 5.95. The Labute approximate surface area is 106 Å². The largest absolute Gasteiger partial charge is 0.367 e. The standard InChI is InChI=1S/C11H17N7/c1-17(2)11-10(13-5-6-14-11)12-4-3-8-18-9-7-15-16-18/h5-7,9H,3-4,8H2,1-2H3,(H,12,13). The maximum Gasteiger partial charge on any atom is 0.171 e. The van der Waals surface area contributed by atoms with Gasteiger partial charge in [0, 0.05) is 45.8 Å². The van der Waals surface area contributed by atoms with E-state index < -0.39 is 0 Å². The molecule has 0 aliphatic rings. The van der Waals surface area contributed by atoms with Gasteiger partial charge < -0.3 is 10.2 Å². The van der Waals surface area contributed by atoms with Gasteiger partial charge in [0.15, 0.2) is 11.6 Å². The van der Waals surface area contributed by atoms with Gasteiger partial charge in [0.05, 0.1) is 6.20 Å². The molecule has 0 saturated carbocycles. The summed E-state index contributed by atoms with van der Waals surface area (Å²) in [6, 6.07) is 0. The molecule has 7 heteroatoms.